The van der Waals surface area contributed by atoms with Gasteiger partial charge < -0.3 is 10.6 Å². The van der Waals surface area contributed by atoms with Crippen LogP contribution in [0.15, 0.2) is 24.3 Å². The highest BCUT2D eigenvalue weighted by molar-refractivity contribution is 5.93. The van der Waals surface area contributed by atoms with Crippen LogP contribution in [0.2, 0.25) is 0 Å². The van der Waals surface area contributed by atoms with Crippen LogP contribution in [0.25, 0.3) is 0 Å². The van der Waals surface area contributed by atoms with Crippen LogP contribution in [-0.4, -0.2) is 19.5 Å². The molecule has 1 aliphatic rings. The molecule has 2 N–H and O–H groups in total. The van der Waals surface area contributed by atoms with Crippen LogP contribution in [0.4, 0.5) is 0 Å². The lowest BCUT2D eigenvalue weighted by molar-refractivity contribution is 0.0963. The summed E-state index contributed by atoms with van der Waals surface area (Å²) in [5.41, 5.74) is 1.96. The van der Waals surface area contributed by atoms with Crippen LogP contribution < -0.4 is 10.6 Å². The van der Waals surface area contributed by atoms with Gasteiger partial charge in [-0.05, 0) is 36.6 Å². The first-order chi connectivity index (χ1) is 9.79. The highest BCUT2D eigenvalue weighted by Crippen LogP contribution is 2.25. The maximum absolute atomic E-state index is 11.4. The van der Waals surface area contributed by atoms with Gasteiger partial charge in [0, 0.05) is 19.2 Å². The van der Waals surface area contributed by atoms with Gasteiger partial charge in [-0.1, -0.05) is 44.2 Å². The van der Waals surface area contributed by atoms with Gasteiger partial charge in [-0.25, -0.2) is 0 Å². The molecule has 3 nitrogen and oxygen atoms in total. The monoisotopic (exact) mass is 274 g/mol. The molecule has 0 aliphatic heterocycles. The summed E-state index contributed by atoms with van der Waals surface area (Å²) in [6.07, 6.45) is 8.42. The second-order valence-corrected chi connectivity index (χ2v) is 5.75. The first-order valence-electron chi connectivity index (χ1n) is 7.81. The van der Waals surface area contributed by atoms with Gasteiger partial charge in [0.15, 0.2) is 0 Å². The molecule has 0 aromatic heterocycles. The smallest absolute Gasteiger partial charge is 0.251 e. The quantitative estimate of drug-likeness (QED) is 0.783. The summed E-state index contributed by atoms with van der Waals surface area (Å²) in [7, 11) is 1.66. The average Bonchev–Trinajstić information content (AvgIpc) is 2.52. The lowest BCUT2D eigenvalue weighted by atomic mass is 9.87. The fourth-order valence-electron chi connectivity index (χ4n) is 2.93. The number of amides is 1. The lowest BCUT2D eigenvalue weighted by Gasteiger charge is -2.21. The zero-order valence-corrected chi connectivity index (χ0v) is 12.5. The summed E-state index contributed by atoms with van der Waals surface area (Å²) in [5, 5.41) is 6.15. The van der Waals surface area contributed by atoms with Crippen molar-refractivity contribution in [2.75, 3.05) is 13.6 Å². The van der Waals surface area contributed by atoms with Crippen molar-refractivity contribution in [2.24, 2.45) is 5.92 Å². The van der Waals surface area contributed by atoms with Crippen molar-refractivity contribution in [3.8, 4) is 0 Å². The van der Waals surface area contributed by atoms with E-state index in [-0.39, 0.29) is 5.91 Å². The Morgan fingerprint density at radius 1 is 1.15 bits per heavy atom. The van der Waals surface area contributed by atoms with Crippen LogP contribution in [0.5, 0.6) is 0 Å². The highest BCUT2D eigenvalue weighted by Gasteiger charge is 2.12. The molecule has 3 heteroatoms. The van der Waals surface area contributed by atoms with E-state index < -0.39 is 0 Å². The second kappa shape index (κ2) is 8.05. The molecular formula is C17H26N2O. The second-order valence-electron chi connectivity index (χ2n) is 5.75. The maximum Gasteiger partial charge on any atom is 0.251 e. The zero-order chi connectivity index (χ0) is 14.2. The molecule has 1 fully saturated rings. The van der Waals surface area contributed by atoms with E-state index in [4.69, 9.17) is 0 Å². The first-order valence-corrected chi connectivity index (χ1v) is 7.81. The Kier molecular flexibility index (Phi) is 6.06. The largest absolute Gasteiger partial charge is 0.355 e. The predicted molar refractivity (Wildman–Crippen MR) is 82.7 cm³/mol. The van der Waals surface area contributed by atoms with Crippen molar-refractivity contribution in [3.05, 3.63) is 35.4 Å². The summed E-state index contributed by atoms with van der Waals surface area (Å²) in [5.74, 6) is 0.911. The van der Waals surface area contributed by atoms with E-state index in [9.17, 15) is 4.79 Å². The molecule has 0 bridgehead atoms. The standard InChI is InChI=1S/C17H26N2O/c1-18-17(20)16-9-7-15(8-10-16)13-19-12-11-14-5-3-2-4-6-14/h7-10,14,19H,2-6,11-13H2,1H3,(H,18,20). The lowest BCUT2D eigenvalue weighted by Crippen LogP contribution is -2.20. The van der Waals surface area contributed by atoms with E-state index >= 15 is 0 Å². The molecule has 1 aromatic carbocycles. The van der Waals surface area contributed by atoms with Crippen LogP contribution in [0.3, 0.4) is 0 Å². The molecule has 1 saturated carbocycles. The number of carbonyl (C=O) groups excluding carboxylic acids is 1. The predicted octanol–water partition coefficient (Wildman–Crippen LogP) is 3.11. The molecule has 1 aromatic rings. The number of benzene rings is 1. The topological polar surface area (TPSA) is 41.1 Å². The Morgan fingerprint density at radius 3 is 2.50 bits per heavy atom. The molecule has 110 valence electrons. The Bertz CT molecular complexity index is 408. The molecule has 0 saturated heterocycles. The van der Waals surface area contributed by atoms with Crippen LogP contribution in [0.1, 0.15) is 54.4 Å². The van der Waals surface area contributed by atoms with Crippen molar-refractivity contribution in [3.63, 3.8) is 0 Å². The molecule has 0 atom stereocenters. The first kappa shape index (κ1) is 15.0. The van der Waals surface area contributed by atoms with Gasteiger partial charge in [0.25, 0.3) is 5.91 Å². The molecule has 0 radical (unpaired) electrons. The molecule has 1 amide bonds. The Morgan fingerprint density at radius 2 is 1.85 bits per heavy atom. The van der Waals surface area contributed by atoms with Crippen molar-refractivity contribution >= 4 is 5.91 Å². The molecule has 0 spiro atoms. The van der Waals surface area contributed by atoms with E-state index in [1.165, 1.54) is 44.1 Å². The molecule has 0 heterocycles. The van der Waals surface area contributed by atoms with Crippen molar-refractivity contribution in [1.82, 2.24) is 10.6 Å². The number of carbonyl (C=O) groups is 1. The summed E-state index contributed by atoms with van der Waals surface area (Å²) in [4.78, 5) is 11.4. The third kappa shape index (κ3) is 4.64. The summed E-state index contributed by atoms with van der Waals surface area (Å²) in [6.45, 7) is 1.99. The molecule has 0 unspecified atom stereocenters. The molecule has 20 heavy (non-hydrogen) atoms. The van der Waals surface area contributed by atoms with Gasteiger partial charge in [0.05, 0.1) is 0 Å². The molecule has 1 aliphatic carbocycles. The van der Waals surface area contributed by atoms with Crippen LogP contribution >= 0.6 is 0 Å². The number of hydrogen-bond donors (Lipinski definition) is 2. The Labute approximate surface area is 122 Å². The Balaban J connectivity index is 1.67. The van der Waals surface area contributed by atoms with Gasteiger partial charge in [0.1, 0.15) is 0 Å². The minimum atomic E-state index is -0.0261. The number of hydrogen-bond acceptors (Lipinski definition) is 2. The minimum Gasteiger partial charge on any atom is -0.355 e. The fraction of sp³-hybridized carbons (Fsp3) is 0.588. The SMILES string of the molecule is CNC(=O)c1ccc(CNCCC2CCCCC2)cc1. The number of rotatable bonds is 6. The third-order valence-electron chi connectivity index (χ3n) is 4.23. The van der Waals surface area contributed by atoms with Gasteiger partial charge in [-0.15, -0.1) is 0 Å². The van der Waals surface area contributed by atoms with Gasteiger partial charge in [-0.2, -0.15) is 0 Å². The van der Waals surface area contributed by atoms with E-state index in [1.54, 1.807) is 7.05 Å². The van der Waals surface area contributed by atoms with E-state index in [1.807, 2.05) is 24.3 Å². The normalized spacial score (nSPS) is 16.1. The van der Waals surface area contributed by atoms with E-state index in [2.05, 4.69) is 10.6 Å². The van der Waals surface area contributed by atoms with Crippen molar-refractivity contribution in [2.45, 2.75) is 45.1 Å². The zero-order valence-electron chi connectivity index (χ0n) is 12.5. The van der Waals surface area contributed by atoms with Crippen LogP contribution in [-0.2, 0) is 6.54 Å². The van der Waals surface area contributed by atoms with Gasteiger partial charge in [-0.3, -0.25) is 4.79 Å². The Hall–Kier alpha value is -1.35. The van der Waals surface area contributed by atoms with Gasteiger partial charge >= 0.3 is 0 Å². The number of nitrogens with one attached hydrogen (secondary N) is 2. The molecular weight excluding hydrogens is 248 g/mol. The van der Waals surface area contributed by atoms with E-state index in [0.717, 1.165) is 24.6 Å². The van der Waals surface area contributed by atoms with Gasteiger partial charge in [0.2, 0.25) is 0 Å². The maximum atomic E-state index is 11.4. The molecule has 2 rings (SSSR count). The van der Waals surface area contributed by atoms with Crippen LogP contribution in [0, 0.1) is 5.92 Å². The third-order valence-corrected chi connectivity index (χ3v) is 4.23. The fourth-order valence-corrected chi connectivity index (χ4v) is 2.93. The van der Waals surface area contributed by atoms with Crippen molar-refractivity contribution < 1.29 is 4.79 Å². The summed E-state index contributed by atoms with van der Waals surface area (Å²) < 4.78 is 0. The van der Waals surface area contributed by atoms with Crippen molar-refractivity contribution in [1.29, 1.82) is 0 Å². The summed E-state index contributed by atoms with van der Waals surface area (Å²) in [6, 6.07) is 7.82. The summed E-state index contributed by atoms with van der Waals surface area (Å²) >= 11 is 0. The average molecular weight is 274 g/mol. The van der Waals surface area contributed by atoms with E-state index in [0.29, 0.717) is 0 Å². The minimum absolute atomic E-state index is 0.0261. The highest BCUT2D eigenvalue weighted by atomic mass is 16.1.